The first kappa shape index (κ1) is 23.8. The van der Waals surface area contributed by atoms with Gasteiger partial charge < -0.3 is 24.4 Å². The van der Waals surface area contributed by atoms with E-state index in [1.54, 1.807) is 31.5 Å². The number of amides is 1. The number of nitrogens with one attached hydrogen (secondary N) is 1. The molecule has 0 spiro atoms. The highest BCUT2D eigenvalue weighted by Gasteiger charge is 2.37. The number of benzene rings is 2. The number of methoxy groups -OCH3 is 1. The fraction of sp³-hybridized carbons (Fsp3) is 0.385. The number of aromatic amines is 1. The Labute approximate surface area is 199 Å². The summed E-state index contributed by atoms with van der Waals surface area (Å²) in [5, 5.41) is 17.7. The van der Waals surface area contributed by atoms with Crippen LogP contribution in [0.2, 0.25) is 0 Å². The van der Waals surface area contributed by atoms with E-state index in [-0.39, 0.29) is 23.8 Å². The summed E-state index contributed by atoms with van der Waals surface area (Å²) in [5.41, 5.74) is 2.84. The molecule has 0 aliphatic heterocycles. The van der Waals surface area contributed by atoms with Gasteiger partial charge in [0.1, 0.15) is 17.6 Å². The fourth-order valence-corrected chi connectivity index (χ4v) is 4.13. The average Bonchev–Trinajstić information content (AvgIpc) is 3.26. The van der Waals surface area contributed by atoms with Gasteiger partial charge in [-0.15, -0.1) is 0 Å². The topological polar surface area (TPSA) is 90.9 Å². The quantitative estimate of drug-likeness (QED) is 0.447. The highest BCUT2D eigenvalue weighted by Crippen LogP contribution is 2.36. The molecule has 0 saturated heterocycles. The molecule has 3 aromatic rings. The molecule has 1 amide bonds. The molecule has 2 N–H and O–H groups in total. The van der Waals surface area contributed by atoms with Gasteiger partial charge in [-0.1, -0.05) is 18.2 Å². The van der Waals surface area contributed by atoms with Crippen molar-refractivity contribution < 1.29 is 19.4 Å². The van der Waals surface area contributed by atoms with Crippen LogP contribution in [0.3, 0.4) is 0 Å². The molecule has 1 aromatic heterocycles. The molecule has 0 bridgehead atoms. The summed E-state index contributed by atoms with van der Waals surface area (Å²) in [6, 6.07) is 11.2. The summed E-state index contributed by atoms with van der Waals surface area (Å²) >= 11 is 0. The maximum absolute atomic E-state index is 12.8. The molecule has 8 heteroatoms. The summed E-state index contributed by atoms with van der Waals surface area (Å²) in [4.78, 5) is 16.7. The van der Waals surface area contributed by atoms with E-state index in [0.717, 1.165) is 47.2 Å². The maximum atomic E-state index is 12.8. The van der Waals surface area contributed by atoms with E-state index >= 15 is 0 Å². The average molecular weight is 465 g/mol. The van der Waals surface area contributed by atoms with E-state index in [0.29, 0.717) is 13.2 Å². The third-order valence-corrected chi connectivity index (χ3v) is 6.08. The maximum Gasteiger partial charge on any atom is 0.246 e. The van der Waals surface area contributed by atoms with Crippen LogP contribution in [-0.4, -0.2) is 84.1 Å². The lowest BCUT2D eigenvalue weighted by molar-refractivity contribution is -0.133. The number of phenols is 1. The molecular weight excluding hydrogens is 432 g/mol. The normalized spacial score (nSPS) is 17.9. The Balaban J connectivity index is 1.45. The number of phenolic OH excluding ortho intramolecular Hbond substituents is 1. The molecule has 34 heavy (non-hydrogen) atoms. The van der Waals surface area contributed by atoms with Crippen LogP contribution in [0, 0.1) is 0 Å². The summed E-state index contributed by atoms with van der Waals surface area (Å²) < 4.78 is 11.6. The fourth-order valence-electron chi connectivity index (χ4n) is 4.13. The van der Waals surface area contributed by atoms with Gasteiger partial charge in [-0.05, 0) is 49.5 Å². The van der Waals surface area contributed by atoms with E-state index in [2.05, 4.69) is 10.2 Å². The molecule has 1 saturated carbocycles. The van der Waals surface area contributed by atoms with Crippen LogP contribution in [0.25, 0.3) is 22.0 Å². The van der Waals surface area contributed by atoms with Crippen LogP contribution in [0.1, 0.15) is 12.8 Å². The second-order valence-corrected chi connectivity index (χ2v) is 8.91. The first-order valence-electron chi connectivity index (χ1n) is 11.5. The smallest absolute Gasteiger partial charge is 0.246 e. The molecule has 0 atom stereocenters. The first-order valence-corrected chi connectivity index (χ1v) is 11.5. The predicted octanol–water partition coefficient (Wildman–Crippen LogP) is 3.44. The second-order valence-electron chi connectivity index (χ2n) is 8.91. The number of H-pyrrole nitrogens is 1. The Morgan fingerprint density at radius 1 is 1.21 bits per heavy atom. The van der Waals surface area contributed by atoms with Gasteiger partial charge in [0.05, 0.1) is 23.7 Å². The zero-order valence-corrected chi connectivity index (χ0v) is 19.9. The van der Waals surface area contributed by atoms with E-state index in [1.165, 1.54) is 0 Å². The van der Waals surface area contributed by atoms with Gasteiger partial charge in [-0.2, -0.15) is 5.10 Å². The van der Waals surface area contributed by atoms with Gasteiger partial charge in [0.15, 0.2) is 0 Å². The highest BCUT2D eigenvalue weighted by molar-refractivity contribution is 5.90. The number of likely N-dealkylation sites (N-methyl/N-ethyl adjacent to an activating group) is 1. The van der Waals surface area contributed by atoms with Crippen molar-refractivity contribution in [2.75, 3.05) is 40.9 Å². The Morgan fingerprint density at radius 2 is 1.97 bits per heavy atom. The molecule has 1 heterocycles. The molecule has 1 aliphatic carbocycles. The Bertz CT molecular complexity index is 1130. The monoisotopic (exact) mass is 464 g/mol. The lowest BCUT2D eigenvalue weighted by Gasteiger charge is -2.42. The lowest BCUT2D eigenvalue weighted by Crippen LogP contribution is -2.52. The van der Waals surface area contributed by atoms with Crippen molar-refractivity contribution in [2.45, 2.75) is 25.0 Å². The van der Waals surface area contributed by atoms with Gasteiger partial charge in [0.25, 0.3) is 0 Å². The minimum absolute atomic E-state index is 0.00824. The van der Waals surface area contributed by atoms with Gasteiger partial charge in [-0.3, -0.25) is 9.89 Å². The number of carbonyl (C=O) groups excluding carboxylic acids is 1. The standard InChI is InChI=1S/C26H32N4O4/c1-29(2)10-4-5-26(32)30(11-12-33-3)20-15-22(16-20)34-25-14-19(13-24-23(25)17-27-28-24)18-6-8-21(31)9-7-18/h4-9,13-14,17,20,22,31H,10-12,15-16H2,1-3H3,(H,27,28)/b5-4+/t20-,22-. The first-order chi connectivity index (χ1) is 16.4. The number of carbonyl (C=O) groups is 1. The van der Waals surface area contributed by atoms with E-state index < -0.39 is 0 Å². The van der Waals surface area contributed by atoms with Crippen molar-refractivity contribution in [1.82, 2.24) is 20.0 Å². The Hall–Kier alpha value is -3.36. The number of aromatic hydroxyl groups is 1. The molecule has 1 aliphatic rings. The van der Waals surface area contributed by atoms with Gasteiger partial charge >= 0.3 is 0 Å². The number of rotatable bonds is 10. The second kappa shape index (κ2) is 10.7. The summed E-state index contributed by atoms with van der Waals surface area (Å²) in [5.74, 6) is 1.000. The molecule has 4 rings (SSSR count). The number of ether oxygens (including phenoxy) is 2. The van der Waals surface area contributed by atoms with Crippen LogP contribution < -0.4 is 4.74 Å². The minimum Gasteiger partial charge on any atom is -0.508 e. The zero-order chi connectivity index (χ0) is 24.1. The van der Waals surface area contributed by atoms with Gasteiger partial charge in [-0.25, -0.2) is 0 Å². The zero-order valence-electron chi connectivity index (χ0n) is 19.9. The van der Waals surface area contributed by atoms with Crippen molar-refractivity contribution in [1.29, 1.82) is 0 Å². The van der Waals surface area contributed by atoms with Crippen molar-refractivity contribution in [3.8, 4) is 22.6 Å². The minimum atomic E-state index is 0.00824. The number of fused-ring (bicyclic) bond motifs is 1. The van der Waals surface area contributed by atoms with Crippen LogP contribution >= 0.6 is 0 Å². The molecule has 8 nitrogen and oxygen atoms in total. The Kier molecular flexibility index (Phi) is 7.49. The number of hydrogen-bond donors (Lipinski definition) is 2. The van der Waals surface area contributed by atoms with E-state index in [9.17, 15) is 9.90 Å². The van der Waals surface area contributed by atoms with Crippen LogP contribution in [-0.2, 0) is 9.53 Å². The highest BCUT2D eigenvalue weighted by atomic mass is 16.5. The SMILES string of the molecule is COCCN(C(=O)/C=C/CN(C)C)[C@H]1C[C@H](Oc2cc(-c3ccc(O)cc3)cc3[nH]ncc23)C1. The van der Waals surface area contributed by atoms with E-state index in [4.69, 9.17) is 9.47 Å². The Morgan fingerprint density at radius 3 is 2.68 bits per heavy atom. The van der Waals surface area contributed by atoms with Crippen LogP contribution in [0.4, 0.5) is 0 Å². The van der Waals surface area contributed by atoms with Gasteiger partial charge in [0.2, 0.25) is 5.91 Å². The lowest BCUT2D eigenvalue weighted by atomic mass is 9.87. The third-order valence-electron chi connectivity index (χ3n) is 6.08. The largest absolute Gasteiger partial charge is 0.508 e. The summed E-state index contributed by atoms with van der Waals surface area (Å²) in [6.07, 6.45) is 6.85. The molecule has 0 radical (unpaired) electrons. The van der Waals surface area contributed by atoms with Gasteiger partial charge in [0, 0.05) is 45.2 Å². The number of nitrogens with zero attached hydrogens (tertiary/aromatic N) is 3. The predicted molar refractivity (Wildman–Crippen MR) is 132 cm³/mol. The molecule has 2 aromatic carbocycles. The molecule has 0 unspecified atom stereocenters. The van der Waals surface area contributed by atoms with E-state index in [1.807, 2.05) is 54.2 Å². The van der Waals surface area contributed by atoms with Crippen LogP contribution in [0.15, 0.2) is 54.7 Å². The number of hydrogen-bond acceptors (Lipinski definition) is 6. The van der Waals surface area contributed by atoms with Crippen molar-refractivity contribution in [3.05, 3.63) is 54.7 Å². The summed E-state index contributed by atoms with van der Waals surface area (Å²) in [6.45, 7) is 1.78. The molecule has 180 valence electrons. The molecule has 1 fully saturated rings. The van der Waals surface area contributed by atoms with Crippen molar-refractivity contribution in [3.63, 3.8) is 0 Å². The van der Waals surface area contributed by atoms with Crippen molar-refractivity contribution in [2.24, 2.45) is 0 Å². The summed E-state index contributed by atoms with van der Waals surface area (Å²) in [7, 11) is 5.59. The third kappa shape index (κ3) is 5.58. The van der Waals surface area contributed by atoms with Crippen molar-refractivity contribution >= 4 is 16.8 Å². The number of aromatic nitrogens is 2. The van der Waals surface area contributed by atoms with Crippen LogP contribution in [0.5, 0.6) is 11.5 Å². The molecular formula is C26H32N4O4.